The molecule has 1 fully saturated rings. The molecule has 0 saturated carbocycles. The molecule has 8 nitrogen and oxygen atoms in total. The average Bonchev–Trinajstić information content (AvgIpc) is 3.06. The molecule has 0 aliphatic carbocycles. The number of hydrogen-bond acceptors (Lipinski definition) is 5. The normalized spacial score (nSPS) is 19.3. The highest BCUT2D eigenvalue weighted by Gasteiger charge is 2.33. The number of hydrogen-bond donors (Lipinski definition) is 2. The Morgan fingerprint density at radius 1 is 1.36 bits per heavy atom. The molecule has 2 aliphatic rings. The van der Waals surface area contributed by atoms with Gasteiger partial charge in [-0.3, -0.25) is 14.5 Å². The lowest BCUT2D eigenvalue weighted by Crippen LogP contribution is -2.36. The molecule has 150 valence electrons. The smallest absolute Gasteiger partial charge is 0.414 e. The fourth-order valence-electron chi connectivity index (χ4n) is 3.50. The van der Waals surface area contributed by atoms with Crippen LogP contribution >= 0.6 is 0 Å². The topological polar surface area (TPSA) is 99.2 Å². The Hall–Kier alpha value is -2.87. The number of benzene rings is 1. The second-order valence-corrected chi connectivity index (χ2v) is 7.03. The first-order valence-electron chi connectivity index (χ1n) is 9.30. The van der Waals surface area contributed by atoms with E-state index in [1.165, 1.54) is 6.92 Å². The van der Waals surface area contributed by atoms with Gasteiger partial charge in [0.1, 0.15) is 12.7 Å². The van der Waals surface area contributed by atoms with Crippen LogP contribution in [0.3, 0.4) is 0 Å². The number of cyclic esters (lactones) is 1. The maximum absolute atomic E-state index is 12.2. The van der Waals surface area contributed by atoms with Crippen molar-refractivity contribution in [3.05, 3.63) is 35.4 Å². The number of rotatable bonds is 5. The fourth-order valence-corrected chi connectivity index (χ4v) is 3.50. The zero-order chi connectivity index (χ0) is 20.3. The number of aliphatic hydroxyl groups is 1. The van der Waals surface area contributed by atoms with Gasteiger partial charge in [-0.15, -0.1) is 0 Å². The van der Waals surface area contributed by atoms with Crippen molar-refractivity contribution in [2.75, 3.05) is 37.7 Å². The minimum Gasteiger partial charge on any atom is -0.442 e. The van der Waals surface area contributed by atoms with Crippen molar-refractivity contribution in [3.8, 4) is 0 Å². The first-order chi connectivity index (χ1) is 13.4. The Bertz CT molecular complexity index is 820. The van der Waals surface area contributed by atoms with E-state index in [0.717, 1.165) is 28.8 Å². The van der Waals surface area contributed by atoms with Crippen LogP contribution in [0, 0.1) is 6.92 Å². The van der Waals surface area contributed by atoms with E-state index in [4.69, 9.17) is 9.84 Å². The molecule has 0 radical (unpaired) electrons. The van der Waals surface area contributed by atoms with E-state index in [1.54, 1.807) is 9.80 Å². The number of aryl methyl sites for hydroxylation is 1. The number of nitrogens with zero attached hydrogens (tertiary/aromatic N) is 2. The fraction of sp³-hybridized carbons (Fsp3) is 0.450. The van der Waals surface area contributed by atoms with Gasteiger partial charge in [0.05, 0.1) is 18.8 Å². The maximum Gasteiger partial charge on any atom is 0.414 e. The van der Waals surface area contributed by atoms with E-state index in [9.17, 15) is 14.4 Å². The van der Waals surface area contributed by atoms with E-state index in [2.05, 4.69) is 5.32 Å². The summed E-state index contributed by atoms with van der Waals surface area (Å²) in [5.41, 5.74) is 3.93. The standard InChI is InChI=1S/C20H25N3O5/c1-13-9-16(15-5-7-22(8-6-15)19(26)12-24)3-4-18(13)23-11-17(28-20(23)27)10-21-14(2)25/h3-5,9,17,24H,6-8,10-12H2,1-2H3,(H,21,25)/t17-/m0/s1. The molecule has 0 bridgehead atoms. The number of amides is 3. The minimum atomic E-state index is -0.466. The molecule has 0 aromatic heterocycles. The van der Waals surface area contributed by atoms with Crippen LogP contribution in [0.25, 0.3) is 5.57 Å². The molecule has 0 unspecified atom stereocenters. The van der Waals surface area contributed by atoms with Gasteiger partial charge in [0.25, 0.3) is 0 Å². The zero-order valence-electron chi connectivity index (χ0n) is 16.1. The van der Waals surface area contributed by atoms with Crippen molar-refractivity contribution in [2.24, 2.45) is 0 Å². The lowest BCUT2D eigenvalue weighted by Gasteiger charge is -2.26. The molecule has 28 heavy (non-hydrogen) atoms. The largest absolute Gasteiger partial charge is 0.442 e. The van der Waals surface area contributed by atoms with Gasteiger partial charge in [0.15, 0.2) is 0 Å². The van der Waals surface area contributed by atoms with Crippen LogP contribution in [0.5, 0.6) is 0 Å². The first kappa shape index (κ1) is 19.9. The monoisotopic (exact) mass is 387 g/mol. The molecule has 8 heteroatoms. The van der Waals surface area contributed by atoms with E-state index in [1.807, 2.05) is 31.2 Å². The van der Waals surface area contributed by atoms with Crippen LogP contribution < -0.4 is 10.2 Å². The Morgan fingerprint density at radius 2 is 2.14 bits per heavy atom. The SMILES string of the molecule is CC(=O)NC[C@H]1CN(c2ccc(C3=CCN(C(=O)CO)CC3)cc2C)C(=O)O1. The molecule has 1 saturated heterocycles. The highest BCUT2D eigenvalue weighted by Crippen LogP contribution is 2.30. The summed E-state index contributed by atoms with van der Waals surface area (Å²) < 4.78 is 5.33. The van der Waals surface area contributed by atoms with Crippen molar-refractivity contribution in [1.29, 1.82) is 0 Å². The Morgan fingerprint density at radius 3 is 2.75 bits per heavy atom. The molecular formula is C20H25N3O5. The summed E-state index contributed by atoms with van der Waals surface area (Å²) >= 11 is 0. The molecule has 3 rings (SSSR count). The Kier molecular flexibility index (Phi) is 5.99. The highest BCUT2D eigenvalue weighted by molar-refractivity contribution is 5.91. The van der Waals surface area contributed by atoms with Gasteiger partial charge in [-0.2, -0.15) is 0 Å². The van der Waals surface area contributed by atoms with Gasteiger partial charge < -0.3 is 20.1 Å². The summed E-state index contributed by atoms with van der Waals surface area (Å²) in [5, 5.41) is 11.6. The van der Waals surface area contributed by atoms with Gasteiger partial charge in [0.2, 0.25) is 11.8 Å². The van der Waals surface area contributed by atoms with Crippen LogP contribution in [-0.4, -0.2) is 66.8 Å². The Balaban J connectivity index is 1.69. The summed E-state index contributed by atoms with van der Waals surface area (Å²) in [6.07, 6.45) is 1.93. The van der Waals surface area contributed by atoms with E-state index in [0.29, 0.717) is 26.2 Å². The molecule has 0 spiro atoms. The second-order valence-electron chi connectivity index (χ2n) is 7.03. The van der Waals surface area contributed by atoms with Crippen LogP contribution in [0.4, 0.5) is 10.5 Å². The maximum atomic E-state index is 12.2. The number of nitrogens with one attached hydrogen (secondary N) is 1. The lowest BCUT2D eigenvalue weighted by atomic mass is 9.97. The second kappa shape index (κ2) is 8.43. The van der Waals surface area contributed by atoms with Crippen molar-refractivity contribution in [1.82, 2.24) is 10.2 Å². The molecule has 2 heterocycles. The summed E-state index contributed by atoms with van der Waals surface area (Å²) in [6, 6.07) is 5.89. The molecule has 1 aromatic carbocycles. The van der Waals surface area contributed by atoms with Crippen LogP contribution in [0.1, 0.15) is 24.5 Å². The van der Waals surface area contributed by atoms with Crippen molar-refractivity contribution in [2.45, 2.75) is 26.4 Å². The molecule has 1 aromatic rings. The van der Waals surface area contributed by atoms with Gasteiger partial charge >= 0.3 is 6.09 Å². The van der Waals surface area contributed by atoms with Crippen molar-refractivity contribution >= 4 is 29.2 Å². The van der Waals surface area contributed by atoms with Crippen LogP contribution in [0.15, 0.2) is 24.3 Å². The number of carbonyl (C=O) groups is 3. The number of anilines is 1. The minimum absolute atomic E-state index is 0.157. The van der Waals surface area contributed by atoms with Gasteiger partial charge in [-0.25, -0.2) is 4.79 Å². The number of carbonyl (C=O) groups excluding carboxylic acids is 3. The van der Waals surface area contributed by atoms with Crippen LogP contribution in [-0.2, 0) is 14.3 Å². The van der Waals surface area contributed by atoms with E-state index >= 15 is 0 Å². The highest BCUT2D eigenvalue weighted by atomic mass is 16.6. The quantitative estimate of drug-likeness (QED) is 0.787. The van der Waals surface area contributed by atoms with Gasteiger partial charge in [-0.1, -0.05) is 12.1 Å². The molecule has 2 N–H and O–H groups in total. The van der Waals surface area contributed by atoms with Gasteiger partial charge in [-0.05, 0) is 42.2 Å². The van der Waals surface area contributed by atoms with Crippen molar-refractivity contribution in [3.63, 3.8) is 0 Å². The molecule has 1 atom stereocenters. The zero-order valence-corrected chi connectivity index (χ0v) is 16.1. The summed E-state index contributed by atoms with van der Waals surface area (Å²) in [7, 11) is 0. The summed E-state index contributed by atoms with van der Waals surface area (Å²) in [4.78, 5) is 38.0. The molecule has 2 aliphatic heterocycles. The third-order valence-electron chi connectivity index (χ3n) is 5.01. The predicted octanol–water partition coefficient (Wildman–Crippen LogP) is 1.06. The first-order valence-corrected chi connectivity index (χ1v) is 9.30. The van der Waals surface area contributed by atoms with Crippen molar-refractivity contribution < 1.29 is 24.2 Å². The predicted molar refractivity (Wildman–Crippen MR) is 104 cm³/mol. The lowest BCUT2D eigenvalue weighted by molar-refractivity contribution is -0.133. The number of ether oxygens (including phenoxy) is 1. The molecular weight excluding hydrogens is 362 g/mol. The third kappa shape index (κ3) is 4.33. The summed E-state index contributed by atoms with van der Waals surface area (Å²) in [5.74, 6) is -0.418. The average molecular weight is 387 g/mol. The Labute approximate surface area is 163 Å². The van der Waals surface area contributed by atoms with E-state index < -0.39 is 12.7 Å². The van der Waals surface area contributed by atoms with Gasteiger partial charge in [0, 0.05) is 20.0 Å². The van der Waals surface area contributed by atoms with Crippen LogP contribution in [0.2, 0.25) is 0 Å². The third-order valence-corrected chi connectivity index (χ3v) is 5.01. The molecule has 3 amide bonds. The summed E-state index contributed by atoms with van der Waals surface area (Å²) in [6.45, 7) is 4.65. The van der Waals surface area contributed by atoms with E-state index in [-0.39, 0.29) is 17.9 Å². The number of aliphatic hydroxyl groups excluding tert-OH is 1.